The average molecular weight is 310 g/mol. The van der Waals surface area contributed by atoms with E-state index in [1.807, 2.05) is 13.8 Å². The summed E-state index contributed by atoms with van der Waals surface area (Å²) in [6.07, 6.45) is -2.78. The molecule has 0 saturated carbocycles. The fraction of sp³-hybridized carbons (Fsp3) is 0.500. The Labute approximate surface area is 116 Å². The van der Waals surface area contributed by atoms with E-state index in [1.54, 1.807) is 4.72 Å². The van der Waals surface area contributed by atoms with Crippen LogP contribution in [-0.4, -0.2) is 27.4 Å². The molecule has 0 amide bonds. The molecule has 1 rings (SSSR count). The number of hydrogen-bond donors (Lipinski definition) is 2. The van der Waals surface area contributed by atoms with Gasteiger partial charge in [-0.1, -0.05) is 13.8 Å². The minimum Gasteiger partial charge on any atom is -0.310 e. The number of alkyl halides is 2. The van der Waals surface area contributed by atoms with Crippen molar-refractivity contribution in [1.82, 2.24) is 10.0 Å². The highest BCUT2D eigenvalue weighted by molar-refractivity contribution is 7.89. The van der Waals surface area contributed by atoms with Crippen LogP contribution in [-0.2, 0) is 16.6 Å². The zero-order chi connectivity index (χ0) is 15.3. The molecule has 0 unspecified atom stereocenters. The summed E-state index contributed by atoms with van der Waals surface area (Å²) < 4.78 is 62.9. The van der Waals surface area contributed by atoms with E-state index in [2.05, 4.69) is 5.32 Å². The van der Waals surface area contributed by atoms with E-state index in [0.29, 0.717) is 0 Å². The van der Waals surface area contributed by atoms with Crippen LogP contribution in [0.3, 0.4) is 0 Å². The molecule has 0 spiro atoms. The molecule has 2 N–H and O–H groups in total. The minimum atomic E-state index is -4.06. The molecule has 0 bridgehead atoms. The van der Waals surface area contributed by atoms with Gasteiger partial charge in [-0.2, -0.15) is 0 Å². The Morgan fingerprint density at radius 2 is 1.90 bits per heavy atom. The van der Waals surface area contributed by atoms with Crippen molar-refractivity contribution in [2.75, 3.05) is 6.54 Å². The highest BCUT2D eigenvalue weighted by Gasteiger charge is 2.18. The monoisotopic (exact) mass is 310 g/mol. The molecule has 1 aromatic rings. The molecule has 0 heterocycles. The van der Waals surface area contributed by atoms with Gasteiger partial charge in [-0.3, -0.25) is 0 Å². The molecule has 0 atom stereocenters. The summed E-state index contributed by atoms with van der Waals surface area (Å²) in [6.45, 7) is 2.91. The van der Waals surface area contributed by atoms with Crippen molar-refractivity contribution < 1.29 is 21.6 Å². The molecule has 0 fully saturated rings. The quantitative estimate of drug-likeness (QED) is 0.808. The van der Waals surface area contributed by atoms with E-state index in [-0.39, 0.29) is 23.0 Å². The molecular formula is C12H17F3N2O2S. The van der Waals surface area contributed by atoms with Gasteiger partial charge in [0.1, 0.15) is 5.82 Å². The third-order valence-corrected chi connectivity index (χ3v) is 3.88. The summed E-state index contributed by atoms with van der Waals surface area (Å²) in [5, 5.41) is 2.96. The lowest BCUT2D eigenvalue weighted by molar-refractivity contribution is 0.153. The molecule has 0 aliphatic carbocycles. The topological polar surface area (TPSA) is 58.2 Å². The largest absolute Gasteiger partial charge is 0.310 e. The fourth-order valence-electron chi connectivity index (χ4n) is 1.42. The Morgan fingerprint density at radius 1 is 1.25 bits per heavy atom. The molecular weight excluding hydrogens is 293 g/mol. The number of sulfonamides is 1. The maximum absolute atomic E-state index is 13.5. The van der Waals surface area contributed by atoms with Crippen LogP contribution in [0.1, 0.15) is 19.4 Å². The summed E-state index contributed by atoms with van der Waals surface area (Å²) in [6, 6.07) is 3.29. The molecule has 114 valence electrons. The maximum atomic E-state index is 13.5. The number of hydrogen-bond acceptors (Lipinski definition) is 3. The average Bonchev–Trinajstić information content (AvgIpc) is 2.35. The molecule has 1 aromatic carbocycles. The van der Waals surface area contributed by atoms with Gasteiger partial charge in [-0.15, -0.1) is 0 Å². The highest BCUT2D eigenvalue weighted by Crippen LogP contribution is 2.15. The Balaban J connectivity index is 2.93. The van der Waals surface area contributed by atoms with Crippen LogP contribution >= 0.6 is 0 Å². The van der Waals surface area contributed by atoms with Crippen molar-refractivity contribution in [1.29, 1.82) is 0 Å². The smallest absolute Gasteiger partial charge is 0.251 e. The molecule has 0 radical (unpaired) electrons. The number of nitrogens with one attached hydrogen (secondary N) is 2. The van der Waals surface area contributed by atoms with Gasteiger partial charge in [0, 0.05) is 18.2 Å². The van der Waals surface area contributed by atoms with Gasteiger partial charge in [0.05, 0.1) is 11.4 Å². The summed E-state index contributed by atoms with van der Waals surface area (Å²) in [7, 11) is -4.06. The number of rotatable bonds is 7. The molecule has 4 nitrogen and oxygen atoms in total. The first-order valence-electron chi connectivity index (χ1n) is 6.02. The van der Waals surface area contributed by atoms with Crippen LogP contribution in [0.4, 0.5) is 13.2 Å². The molecule has 8 heteroatoms. The van der Waals surface area contributed by atoms with Crippen molar-refractivity contribution in [2.45, 2.75) is 37.8 Å². The van der Waals surface area contributed by atoms with Gasteiger partial charge in [0.25, 0.3) is 6.43 Å². The predicted octanol–water partition coefficient (Wildman–Crippen LogP) is 1.87. The minimum absolute atomic E-state index is 0.103. The molecule has 0 saturated heterocycles. The second-order valence-electron chi connectivity index (χ2n) is 4.53. The van der Waals surface area contributed by atoms with Crippen molar-refractivity contribution in [3.63, 3.8) is 0 Å². The van der Waals surface area contributed by atoms with Crippen molar-refractivity contribution in [2.24, 2.45) is 0 Å². The number of benzene rings is 1. The summed E-state index contributed by atoms with van der Waals surface area (Å²) in [5.74, 6) is -0.550. The van der Waals surface area contributed by atoms with E-state index in [0.717, 1.165) is 18.2 Å². The van der Waals surface area contributed by atoms with Crippen LogP contribution in [0.25, 0.3) is 0 Å². The maximum Gasteiger partial charge on any atom is 0.251 e. The Bertz CT molecular complexity index is 548. The first kappa shape index (κ1) is 16.9. The van der Waals surface area contributed by atoms with Crippen LogP contribution in [0.2, 0.25) is 0 Å². The lowest BCUT2D eigenvalue weighted by Crippen LogP contribution is -2.29. The molecule has 0 aliphatic rings. The van der Waals surface area contributed by atoms with E-state index < -0.39 is 28.8 Å². The van der Waals surface area contributed by atoms with Gasteiger partial charge >= 0.3 is 0 Å². The normalized spacial score (nSPS) is 12.3. The second kappa shape index (κ2) is 7.05. The molecule has 0 aliphatic heterocycles. The first-order valence-corrected chi connectivity index (χ1v) is 7.50. The zero-order valence-electron chi connectivity index (χ0n) is 11.2. The third kappa shape index (κ3) is 5.10. The lowest BCUT2D eigenvalue weighted by atomic mass is 10.2. The van der Waals surface area contributed by atoms with E-state index in [1.165, 1.54) is 0 Å². The number of halogens is 3. The van der Waals surface area contributed by atoms with E-state index >= 15 is 0 Å². The van der Waals surface area contributed by atoms with Gasteiger partial charge < -0.3 is 5.32 Å². The predicted molar refractivity (Wildman–Crippen MR) is 69.6 cm³/mol. The van der Waals surface area contributed by atoms with Gasteiger partial charge in [-0.25, -0.2) is 26.3 Å². The summed E-state index contributed by atoms with van der Waals surface area (Å²) in [4.78, 5) is -0.236. The SMILES string of the molecule is CC(C)NCc1cc(S(=O)(=O)NCC(F)F)ccc1F. The lowest BCUT2D eigenvalue weighted by Gasteiger charge is -2.11. The first-order chi connectivity index (χ1) is 9.22. The van der Waals surface area contributed by atoms with E-state index in [9.17, 15) is 21.6 Å². The molecule has 0 aromatic heterocycles. The van der Waals surface area contributed by atoms with Crippen molar-refractivity contribution >= 4 is 10.0 Å². The van der Waals surface area contributed by atoms with Gasteiger partial charge in [0.2, 0.25) is 10.0 Å². The zero-order valence-corrected chi connectivity index (χ0v) is 12.0. The van der Waals surface area contributed by atoms with Crippen LogP contribution in [0, 0.1) is 5.82 Å². The van der Waals surface area contributed by atoms with Gasteiger partial charge in [-0.05, 0) is 18.2 Å². The van der Waals surface area contributed by atoms with E-state index in [4.69, 9.17) is 0 Å². The standard InChI is InChI=1S/C12H17F3N2O2S/c1-8(2)16-6-9-5-10(3-4-11(9)13)20(18,19)17-7-12(14)15/h3-5,8,12,16-17H,6-7H2,1-2H3. The van der Waals surface area contributed by atoms with Crippen LogP contribution in [0.15, 0.2) is 23.1 Å². The third-order valence-electron chi connectivity index (χ3n) is 2.46. The molecule has 20 heavy (non-hydrogen) atoms. The Kier molecular flexibility index (Phi) is 5.97. The Hall–Kier alpha value is -1.12. The van der Waals surface area contributed by atoms with Crippen LogP contribution in [0.5, 0.6) is 0 Å². The Morgan fingerprint density at radius 3 is 2.45 bits per heavy atom. The highest BCUT2D eigenvalue weighted by atomic mass is 32.2. The van der Waals surface area contributed by atoms with Crippen molar-refractivity contribution in [3.8, 4) is 0 Å². The summed E-state index contributed by atoms with van der Waals surface area (Å²) in [5.41, 5.74) is 0.165. The summed E-state index contributed by atoms with van der Waals surface area (Å²) >= 11 is 0. The van der Waals surface area contributed by atoms with Crippen LogP contribution < -0.4 is 10.0 Å². The fourth-order valence-corrected chi connectivity index (χ4v) is 2.48. The van der Waals surface area contributed by atoms with Gasteiger partial charge in [0.15, 0.2) is 0 Å². The second-order valence-corrected chi connectivity index (χ2v) is 6.30. The van der Waals surface area contributed by atoms with Crippen molar-refractivity contribution in [3.05, 3.63) is 29.6 Å².